The largest absolute Gasteiger partial charge is 0.490 e. The number of hydrogen-bond donors (Lipinski definition) is 1. The monoisotopic (exact) mass is 451 g/mol. The lowest BCUT2D eigenvalue weighted by Crippen LogP contribution is -2.37. The van der Waals surface area contributed by atoms with Crippen LogP contribution in [0.25, 0.3) is 11.1 Å². The summed E-state index contributed by atoms with van der Waals surface area (Å²) in [6, 6.07) is 13.4. The molecule has 0 radical (unpaired) electrons. The lowest BCUT2D eigenvalue weighted by Gasteiger charge is -2.46. The first-order chi connectivity index (χ1) is 16.0. The number of hydrogen-bond acceptors (Lipinski definition) is 3. The van der Waals surface area contributed by atoms with E-state index in [-0.39, 0.29) is 11.7 Å². The summed E-state index contributed by atoms with van der Waals surface area (Å²) in [4.78, 5) is 13.3. The zero-order valence-electron chi connectivity index (χ0n) is 19.3. The molecule has 1 aliphatic heterocycles. The normalized spacial score (nSPS) is 21.6. The quantitative estimate of drug-likeness (QED) is 0.561. The van der Waals surface area contributed by atoms with Crippen molar-refractivity contribution in [3.63, 3.8) is 0 Å². The van der Waals surface area contributed by atoms with Crippen LogP contribution in [0.5, 0.6) is 5.75 Å². The smallest absolute Gasteiger partial charge is 0.306 e. The molecule has 2 saturated carbocycles. The van der Waals surface area contributed by atoms with Crippen molar-refractivity contribution in [2.75, 3.05) is 13.1 Å². The van der Waals surface area contributed by atoms with Crippen molar-refractivity contribution in [3.05, 3.63) is 53.8 Å². The summed E-state index contributed by atoms with van der Waals surface area (Å²) in [5, 5.41) is 9.18. The van der Waals surface area contributed by atoms with Gasteiger partial charge >= 0.3 is 5.97 Å². The number of benzene rings is 2. The number of rotatable bonds is 6. The van der Waals surface area contributed by atoms with Crippen LogP contribution in [0.4, 0.5) is 4.39 Å². The number of nitrogens with zero attached hydrogens (tertiary/aromatic N) is 1. The van der Waals surface area contributed by atoms with Gasteiger partial charge < -0.3 is 9.84 Å². The summed E-state index contributed by atoms with van der Waals surface area (Å²) >= 11 is 0. The molecular weight excluding hydrogens is 417 g/mol. The van der Waals surface area contributed by atoms with Crippen LogP contribution in [-0.4, -0.2) is 35.2 Å². The zero-order chi connectivity index (χ0) is 22.8. The van der Waals surface area contributed by atoms with E-state index in [2.05, 4.69) is 4.90 Å². The Morgan fingerprint density at radius 3 is 2.30 bits per heavy atom. The molecule has 0 aromatic heterocycles. The van der Waals surface area contributed by atoms with Crippen molar-refractivity contribution < 1.29 is 19.0 Å². The summed E-state index contributed by atoms with van der Waals surface area (Å²) in [6.07, 6.45) is 10.6. The van der Waals surface area contributed by atoms with Crippen LogP contribution in [0.1, 0.15) is 63.4 Å². The van der Waals surface area contributed by atoms with E-state index in [1.165, 1.54) is 32.1 Å². The predicted octanol–water partition coefficient (Wildman–Crippen LogP) is 6.28. The van der Waals surface area contributed by atoms with Crippen LogP contribution in [0.15, 0.2) is 42.5 Å². The highest BCUT2D eigenvalue weighted by Crippen LogP contribution is 2.51. The lowest BCUT2D eigenvalue weighted by atomic mass is 9.60. The molecule has 0 amide bonds. The minimum Gasteiger partial charge on any atom is -0.490 e. The fourth-order valence-electron chi connectivity index (χ4n) is 5.91. The van der Waals surface area contributed by atoms with E-state index in [1.807, 2.05) is 42.5 Å². The molecule has 3 aliphatic rings. The van der Waals surface area contributed by atoms with Gasteiger partial charge in [-0.1, -0.05) is 36.8 Å². The van der Waals surface area contributed by atoms with Crippen LogP contribution < -0.4 is 4.74 Å². The highest BCUT2D eigenvalue weighted by molar-refractivity contribution is 5.70. The molecule has 2 aromatic rings. The van der Waals surface area contributed by atoms with Crippen molar-refractivity contribution >= 4 is 5.97 Å². The molecule has 1 saturated heterocycles. The van der Waals surface area contributed by atoms with Gasteiger partial charge in [0.1, 0.15) is 11.6 Å². The van der Waals surface area contributed by atoms with Gasteiger partial charge in [-0.2, -0.15) is 0 Å². The number of carbonyl (C=O) groups is 1. The number of aliphatic carboxylic acids is 1. The van der Waals surface area contributed by atoms with Gasteiger partial charge in [0.2, 0.25) is 0 Å². The van der Waals surface area contributed by atoms with E-state index in [9.17, 15) is 9.90 Å². The average molecular weight is 452 g/mol. The van der Waals surface area contributed by atoms with E-state index >= 15 is 4.39 Å². The van der Waals surface area contributed by atoms with Crippen molar-refractivity contribution in [2.45, 2.75) is 70.4 Å². The number of carboxylic acid groups (broad SMARTS) is 1. The summed E-state index contributed by atoms with van der Waals surface area (Å²) in [5.41, 5.74) is 2.75. The molecule has 1 N–H and O–H groups in total. The molecule has 1 spiro atoms. The summed E-state index contributed by atoms with van der Waals surface area (Å²) in [7, 11) is 0. The summed E-state index contributed by atoms with van der Waals surface area (Å²) < 4.78 is 21.6. The fourth-order valence-corrected chi connectivity index (χ4v) is 5.91. The SMILES string of the molecule is O=C(O)C1CCN(Cc2cccc(-c3ccc(OC4CCC5(CCC5)CC4)cc3)c2F)CC1. The summed E-state index contributed by atoms with van der Waals surface area (Å²) in [6.45, 7) is 1.89. The van der Waals surface area contributed by atoms with E-state index in [0.717, 1.165) is 24.2 Å². The van der Waals surface area contributed by atoms with Gasteiger partial charge in [0.05, 0.1) is 12.0 Å². The first-order valence-electron chi connectivity index (χ1n) is 12.5. The molecule has 5 heteroatoms. The Kier molecular flexibility index (Phi) is 6.42. The van der Waals surface area contributed by atoms with Crippen LogP contribution in [0.2, 0.25) is 0 Å². The van der Waals surface area contributed by atoms with Crippen molar-refractivity contribution in [3.8, 4) is 16.9 Å². The second-order valence-electron chi connectivity index (χ2n) is 10.4. The van der Waals surface area contributed by atoms with Crippen LogP contribution >= 0.6 is 0 Å². The minimum atomic E-state index is -0.721. The van der Waals surface area contributed by atoms with Crippen LogP contribution in [-0.2, 0) is 11.3 Å². The van der Waals surface area contributed by atoms with E-state index in [4.69, 9.17) is 4.74 Å². The van der Waals surface area contributed by atoms with Crippen molar-refractivity contribution in [1.29, 1.82) is 0 Å². The maximum Gasteiger partial charge on any atom is 0.306 e. The van der Waals surface area contributed by atoms with Gasteiger partial charge in [-0.25, -0.2) is 4.39 Å². The highest BCUT2D eigenvalue weighted by Gasteiger charge is 2.40. The molecular formula is C28H34FNO3. The molecule has 3 fully saturated rings. The Labute approximate surface area is 195 Å². The minimum absolute atomic E-state index is 0.190. The molecule has 2 aromatic carbocycles. The first-order valence-corrected chi connectivity index (χ1v) is 12.5. The third-order valence-corrected chi connectivity index (χ3v) is 8.29. The number of piperidine rings is 1. The molecule has 0 atom stereocenters. The lowest BCUT2D eigenvalue weighted by molar-refractivity contribution is -0.143. The van der Waals surface area contributed by atoms with Gasteiger partial charge in [-0.05, 0) is 87.6 Å². The number of carboxylic acids is 1. The van der Waals surface area contributed by atoms with Crippen LogP contribution in [0, 0.1) is 17.2 Å². The summed E-state index contributed by atoms with van der Waals surface area (Å²) in [5.74, 6) is -0.317. The fraction of sp³-hybridized carbons (Fsp3) is 0.536. The maximum absolute atomic E-state index is 15.4. The van der Waals surface area contributed by atoms with Gasteiger partial charge in [0.25, 0.3) is 0 Å². The van der Waals surface area contributed by atoms with Crippen LogP contribution in [0.3, 0.4) is 0 Å². The molecule has 0 bridgehead atoms. The molecule has 5 rings (SSSR count). The number of likely N-dealkylation sites (tertiary alicyclic amines) is 1. The Balaban J connectivity index is 1.20. The van der Waals surface area contributed by atoms with Crippen molar-refractivity contribution in [2.24, 2.45) is 11.3 Å². The molecule has 2 aliphatic carbocycles. The van der Waals surface area contributed by atoms with Gasteiger partial charge in [-0.15, -0.1) is 0 Å². The highest BCUT2D eigenvalue weighted by atomic mass is 19.1. The number of halogens is 1. The standard InChI is InChI=1S/C28H34FNO3/c29-26-22(19-30-17-11-21(12-18-30)27(31)32)3-1-4-25(26)20-5-7-23(8-6-20)33-24-9-15-28(16-10-24)13-2-14-28/h1,3-8,21,24H,2,9-19H2,(H,31,32). The van der Waals surface area contributed by atoms with E-state index in [0.29, 0.717) is 55.1 Å². The molecule has 176 valence electrons. The van der Waals surface area contributed by atoms with Gasteiger partial charge in [0.15, 0.2) is 0 Å². The molecule has 4 nitrogen and oxygen atoms in total. The third-order valence-electron chi connectivity index (χ3n) is 8.29. The maximum atomic E-state index is 15.4. The predicted molar refractivity (Wildman–Crippen MR) is 127 cm³/mol. The molecule has 33 heavy (non-hydrogen) atoms. The number of ether oxygens (including phenoxy) is 1. The molecule has 1 heterocycles. The Morgan fingerprint density at radius 1 is 1.00 bits per heavy atom. The Bertz CT molecular complexity index is 967. The topological polar surface area (TPSA) is 49.8 Å². The van der Waals surface area contributed by atoms with Gasteiger partial charge in [0, 0.05) is 17.7 Å². The van der Waals surface area contributed by atoms with E-state index < -0.39 is 5.97 Å². The second-order valence-corrected chi connectivity index (χ2v) is 10.4. The molecule has 0 unspecified atom stereocenters. The first kappa shape index (κ1) is 22.4. The second kappa shape index (κ2) is 9.46. The van der Waals surface area contributed by atoms with E-state index in [1.54, 1.807) is 0 Å². The zero-order valence-corrected chi connectivity index (χ0v) is 19.3. The van der Waals surface area contributed by atoms with Gasteiger partial charge in [-0.3, -0.25) is 9.69 Å². The Hall–Kier alpha value is -2.40. The van der Waals surface area contributed by atoms with Crippen molar-refractivity contribution in [1.82, 2.24) is 4.90 Å². The third kappa shape index (κ3) is 4.93. The Morgan fingerprint density at radius 2 is 1.70 bits per heavy atom. The average Bonchev–Trinajstić information content (AvgIpc) is 2.81.